The van der Waals surface area contributed by atoms with Gasteiger partial charge < -0.3 is 9.47 Å². The van der Waals surface area contributed by atoms with E-state index in [-0.39, 0.29) is 11.5 Å². The Morgan fingerprint density at radius 3 is 2.70 bits per heavy atom. The highest BCUT2D eigenvalue weighted by Crippen LogP contribution is 2.27. The van der Waals surface area contributed by atoms with Crippen LogP contribution in [0.5, 0.6) is 5.75 Å². The molecule has 0 amide bonds. The van der Waals surface area contributed by atoms with Gasteiger partial charge in [0.05, 0.1) is 20.3 Å². The first-order valence-electron chi connectivity index (χ1n) is 6.75. The molecule has 1 aromatic rings. The summed E-state index contributed by atoms with van der Waals surface area (Å²) in [5.41, 5.74) is 0.381. The molecule has 0 radical (unpaired) electrons. The van der Waals surface area contributed by atoms with Crippen molar-refractivity contribution in [2.24, 2.45) is 0 Å². The van der Waals surface area contributed by atoms with E-state index in [4.69, 9.17) is 9.47 Å². The van der Waals surface area contributed by atoms with E-state index in [2.05, 4.69) is 4.90 Å². The number of halogens is 1. The minimum atomic E-state index is -0.506. The fourth-order valence-corrected chi connectivity index (χ4v) is 2.15. The molecule has 1 fully saturated rings. The van der Waals surface area contributed by atoms with Crippen LogP contribution in [0.4, 0.5) is 4.39 Å². The molecule has 1 aliphatic carbocycles. The van der Waals surface area contributed by atoms with Crippen molar-refractivity contribution in [2.75, 3.05) is 33.9 Å². The molecule has 1 aromatic carbocycles. The normalized spacial score (nSPS) is 14.6. The van der Waals surface area contributed by atoms with Gasteiger partial charge in [0.25, 0.3) is 0 Å². The summed E-state index contributed by atoms with van der Waals surface area (Å²) in [5.74, 6) is -0.428. The first-order valence-corrected chi connectivity index (χ1v) is 6.75. The third-order valence-electron chi connectivity index (χ3n) is 3.47. The number of carbonyl (C=O) groups excluding carboxylic acids is 1. The minimum Gasteiger partial charge on any atom is -0.494 e. The Bertz CT molecular complexity index is 474. The predicted molar refractivity (Wildman–Crippen MR) is 73.8 cm³/mol. The number of carbonyl (C=O) groups is 1. The fourth-order valence-electron chi connectivity index (χ4n) is 2.15. The number of ether oxygens (including phenoxy) is 2. The molecule has 5 heteroatoms. The van der Waals surface area contributed by atoms with Crippen molar-refractivity contribution in [1.82, 2.24) is 4.90 Å². The van der Waals surface area contributed by atoms with Crippen LogP contribution in [0.3, 0.4) is 0 Å². The molecule has 0 bridgehead atoms. The Kier molecular flexibility index (Phi) is 5.09. The maximum absolute atomic E-state index is 13.6. The highest BCUT2D eigenvalue weighted by atomic mass is 19.1. The fraction of sp³-hybridized carbons (Fsp3) is 0.533. The Morgan fingerprint density at radius 1 is 1.40 bits per heavy atom. The first kappa shape index (κ1) is 14.9. The number of hydrogen-bond acceptors (Lipinski definition) is 4. The van der Waals surface area contributed by atoms with Gasteiger partial charge in [-0.05, 0) is 31.0 Å². The molecule has 0 saturated heterocycles. The summed E-state index contributed by atoms with van der Waals surface area (Å²) in [6.07, 6.45) is 2.24. The van der Waals surface area contributed by atoms with E-state index in [9.17, 15) is 9.18 Å². The summed E-state index contributed by atoms with van der Waals surface area (Å²) in [4.78, 5) is 14.3. The Morgan fingerprint density at radius 2 is 2.15 bits per heavy atom. The van der Waals surface area contributed by atoms with E-state index in [1.807, 2.05) is 0 Å². The zero-order chi connectivity index (χ0) is 14.5. The standard InChI is InChI=1S/C15H20FNO3/c1-19-8-7-17(12-4-5-12)10-14(18)11-3-6-15(20-2)13(16)9-11/h3,6,9,12H,4-5,7-8,10H2,1-2H3. The number of ketones is 1. The van der Waals surface area contributed by atoms with E-state index < -0.39 is 5.82 Å². The number of benzene rings is 1. The smallest absolute Gasteiger partial charge is 0.176 e. The monoisotopic (exact) mass is 281 g/mol. The summed E-state index contributed by atoms with van der Waals surface area (Å²) in [6, 6.07) is 4.80. The molecule has 0 heterocycles. The largest absolute Gasteiger partial charge is 0.494 e. The van der Waals surface area contributed by atoms with E-state index in [0.29, 0.717) is 24.8 Å². The second-order valence-corrected chi connectivity index (χ2v) is 4.97. The van der Waals surface area contributed by atoms with Gasteiger partial charge in [-0.15, -0.1) is 0 Å². The third kappa shape index (κ3) is 3.77. The van der Waals surface area contributed by atoms with Crippen molar-refractivity contribution >= 4 is 5.78 Å². The lowest BCUT2D eigenvalue weighted by molar-refractivity contribution is 0.0885. The van der Waals surface area contributed by atoms with E-state index in [0.717, 1.165) is 19.4 Å². The predicted octanol–water partition coefficient (Wildman–Crippen LogP) is 2.13. The molecular formula is C15H20FNO3. The molecule has 110 valence electrons. The molecule has 4 nitrogen and oxygen atoms in total. The number of nitrogens with zero attached hydrogens (tertiary/aromatic N) is 1. The van der Waals surface area contributed by atoms with Crippen LogP contribution in [0.2, 0.25) is 0 Å². The van der Waals surface area contributed by atoms with Gasteiger partial charge in [0.15, 0.2) is 17.3 Å². The summed E-state index contributed by atoms with van der Waals surface area (Å²) in [7, 11) is 3.05. The molecule has 0 aliphatic heterocycles. The number of methoxy groups -OCH3 is 2. The quantitative estimate of drug-likeness (QED) is 0.684. The average Bonchev–Trinajstić information content (AvgIpc) is 3.27. The van der Waals surface area contributed by atoms with Crippen LogP contribution in [0.1, 0.15) is 23.2 Å². The van der Waals surface area contributed by atoms with Crippen LogP contribution < -0.4 is 4.74 Å². The van der Waals surface area contributed by atoms with Crippen molar-refractivity contribution in [1.29, 1.82) is 0 Å². The van der Waals surface area contributed by atoms with Gasteiger partial charge in [-0.2, -0.15) is 0 Å². The van der Waals surface area contributed by atoms with Crippen molar-refractivity contribution in [3.05, 3.63) is 29.6 Å². The van der Waals surface area contributed by atoms with Crippen molar-refractivity contribution < 1.29 is 18.7 Å². The summed E-state index contributed by atoms with van der Waals surface area (Å²) < 4.78 is 23.5. The van der Waals surface area contributed by atoms with Gasteiger partial charge in [0.1, 0.15) is 0 Å². The molecule has 0 spiro atoms. The molecule has 20 heavy (non-hydrogen) atoms. The van der Waals surface area contributed by atoms with Crippen LogP contribution >= 0.6 is 0 Å². The summed E-state index contributed by atoms with van der Waals surface area (Å²) in [5, 5.41) is 0. The lowest BCUT2D eigenvalue weighted by atomic mass is 10.1. The lowest BCUT2D eigenvalue weighted by Gasteiger charge is -2.20. The van der Waals surface area contributed by atoms with Crippen LogP contribution in [0, 0.1) is 5.82 Å². The SMILES string of the molecule is COCCN(CC(=O)c1ccc(OC)c(F)c1)C1CC1. The lowest BCUT2D eigenvalue weighted by Crippen LogP contribution is -2.34. The molecule has 0 unspecified atom stereocenters. The number of hydrogen-bond donors (Lipinski definition) is 0. The summed E-state index contributed by atoms with van der Waals surface area (Å²) in [6.45, 7) is 1.63. The number of Topliss-reactive ketones (excluding diaryl/α,β-unsaturated/α-hetero) is 1. The van der Waals surface area contributed by atoms with Crippen LogP contribution in [-0.2, 0) is 4.74 Å². The Hall–Kier alpha value is -1.46. The molecule has 1 saturated carbocycles. The highest BCUT2D eigenvalue weighted by molar-refractivity contribution is 5.97. The molecular weight excluding hydrogens is 261 g/mol. The van der Waals surface area contributed by atoms with Gasteiger partial charge in [0.2, 0.25) is 0 Å². The van der Waals surface area contributed by atoms with Gasteiger partial charge >= 0.3 is 0 Å². The third-order valence-corrected chi connectivity index (χ3v) is 3.47. The molecule has 0 atom stereocenters. The molecule has 2 rings (SSSR count). The van der Waals surface area contributed by atoms with Gasteiger partial charge in [0, 0.05) is 25.3 Å². The average molecular weight is 281 g/mol. The van der Waals surface area contributed by atoms with Gasteiger partial charge in [-0.25, -0.2) is 4.39 Å². The van der Waals surface area contributed by atoms with Crippen molar-refractivity contribution in [3.8, 4) is 5.75 Å². The topological polar surface area (TPSA) is 38.8 Å². The molecule has 0 aromatic heterocycles. The van der Waals surface area contributed by atoms with E-state index >= 15 is 0 Å². The van der Waals surface area contributed by atoms with E-state index in [1.54, 1.807) is 13.2 Å². The highest BCUT2D eigenvalue weighted by Gasteiger charge is 2.30. The van der Waals surface area contributed by atoms with Crippen LogP contribution in [0.25, 0.3) is 0 Å². The number of rotatable bonds is 8. The van der Waals surface area contributed by atoms with Crippen molar-refractivity contribution in [3.63, 3.8) is 0 Å². The Balaban J connectivity index is 2.00. The maximum Gasteiger partial charge on any atom is 0.176 e. The minimum absolute atomic E-state index is 0.0745. The first-order chi connectivity index (χ1) is 9.65. The zero-order valence-corrected chi connectivity index (χ0v) is 11.9. The zero-order valence-electron chi connectivity index (χ0n) is 11.9. The molecule has 0 N–H and O–H groups in total. The van der Waals surface area contributed by atoms with Gasteiger partial charge in [-0.3, -0.25) is 9.69 Å². The maximum atomic E-state index is 13.6. The summed E-state index contributed by atoms with van der Waals surface area (Å²) >= 11 is 0. The second kappa shape index (κ2) is 6.81. The second-order valence-electron chi connectivity index (χ2n) is 4.97. The molecule has 1 aliphatic rings. The van der Waals surface area contributed by atoms with Crippen LogP contribution in [-0.4, -0.2) is 50.6 Å². The van der Waals surface area contributed by atoms with Crippen LogP contribution in [0.15, 0.2) is 18.2 Å². The van der Waals surface area contributed by atoms with E-state index in [1.165, 1.54) is 19.2 Å². The Labute approximate surface area is 118 Å². The van der Waals surface area contributed by atoms with Gasteiger partial charge in [-0.1, -0.05) is 0 Å². The van der Waals surface area contributed by atoms with Crippen molar-refractivity contribution in [2.45, 2.75) is 18.9 Å².